The molecule has 164 valence electrons. The highest BCUT2D eigenvalue weighted by molar-refractivity contribution is 7.10. The van der Waals surface area contributed by atoms with Crippen molar-refractivity contribution in [1.29, 1.82) is 0 Å². The lowest BCUT2D eigenvalue weighted by atomic mass is 9.98. The SMILES string of the molecule is CCCc1ccc(C(NC(=O)CCN2C(=O)NC3(CCCC3)C2=O)c2cccs2)cc1. The fourth-order valence-electron chi connectivity index (χ4n) is 4.58. The van der Waals surface area contributed by atoms with Gasteiger partial charge in [-0.2, -0.15) is 0 Å². The van der Waals surface area contributed by atoms with Crippen LogP contribution >= 0.6 is 11.3 Å². The number of imide groups is 1. The smallest absolute Gasteiger partial charge is 0.325 e. The summed E-state index contributed by atoms with van der Waals surface area (Å²) >= 11 is 1.60. The van der Waals surface area contributed by atoms with Crippen molar-refractivity contribution < 1.29 is 14.4 Å². The van der Waals surface area contributed by atoms with Crippen LogP contribution in [0.2, 0.25) is 0 Å². The number of benzene rings is 1. The predicted molar refractivity (Wildman–Crippen MR) is 121 cm³/mol. The van der Waals surface area contributed by atoms with Crippen molar-refractivity contribution >= 4 is 29.2 Å². The number of nitrogens with zero attached hydrogens (tertiary/aromatic N) is 1. The lowest BCUT2D eigenvalue weighted by Crippen LogP contribution is -2.44. The van der Waals surface area contributed by atoms with Crippen LogP contribution < -0.4 is 10.6 Å². The molecule has 1 saturated carbocycles. The minimum Gasteiger partial charge on any atom is -0.344 e. The molecule has 1 saturated heterocycles. The molecule has 2 heterocycles. The van der Waals surface area contributed by atoms with Gasteiger partial charge in [0.1, 0.15) is 5.54 Å². The number of carbonyl (C=O) groups is 3. The number of urea groups is 1. The number of aryl methyl sites for hydroxylation is 1. The van der Waals surface area contributed by atoms with Crippen LogP contribution in [0, 0.1) is 0 Å². The lowest BCUT2D eigenvalue weighted by Gasteiger charge is -2.21. The van der Waals surface area contributed by atoms with Gasteiger partial charge in [0.15, 0.2) is 0 Å². The van der Waals surface area contributed by atoms with E-state index in [0.717, 1.165) is 36.1 Å². The van der Waals surface area contributed by atoms with Gasteiger partial charge in [0.2, 0.25) is 5.91 Å². The molecule has 2 N–H and O–H groups in total. The Kier molecular flexibility index (Phi) is 6.41. The van der Waals surface area contributed by atoms with Gasteiger partial charge >= 0.3 is 6.03 Å². The summed E-state index contributed by atoms with van der Waals surface area (Å²) in [6, 6.07) is 11.7. The third kappa shape index (κ3) is 4.51. The maximum atomic E-state index is 12.8. The molecule has 2 fully saturated rings. The van der Waals surface area contributed by atoms with Crippen molar-refractivity contribution in [3.05, 3.63) is 57.8 Å². The van der Waals surface area contributed by atoms with Crippen LogP contribution in [0.3, 0.4) is 0 Å². The molecule has 1 unspecified atom stereocenters. The molecule has 0 bridgehead atoms. The number of carbonyl (C=O) groups excluding carboxylic acids is 3. The van der Waals surface area contributed by atoms with Gasteiger partial charge in [-0.3, -0.25) is 14.5 Å². The van der Waals surface area contributed by atoms with E-state index in [2.05, 4.69) is 41.8 Å². The first kappa shape index (κ1) is 21.6. The first-order valence-corrected chi connectivity index (χ1v) is 12.0. The number of hydrogen-bond acceptors (Lipinski definition) is 4. The molecule has 7 heteroatoms. The molecule has 31 heavy (non-hydrogen) atoms. The van der Waals surface area contributed by atoms with Gasteiger partial charge in [0, 0.05) is 17.8 Å². The van der Waals surface area contributed by atoms with Crippen molar-refractivity contribution in [3.63, 3.8) is 0 Å². The number of nitrogens with one attached hydrogen (secondary N) is 2. The summed E-state index contributed by atoms with van der Waals surface area (Å²) in [6.45, 7) is 2.26. The first-order valence-electron chi connectivity index (χ1n) is 11.1. The molecule has 1 spiro atoms. The van der Waals surface area contributed by atoms with Crippen LogP contribution in [-0.4, -0.2) is 34.8 Å². The molecule has 1 aliphatic carbocycles. The molecule has 0 radical (unpaired) electrons. The Morgan fingerprint density at radius 1 is 1.19 bits per heavy atom. The highest BCUT2D eigenvalue weighted by Gasteiger charge is 2.52. The normalized spacial score (nSPS) is 18.4. The second kappa shape index (κ2) is 9.22. The Labute approximate surface area is 187 Å². The maximum absolute atomic E-state index is 12.8. The monoisotopic (exact) mass is 439 g/mol. The molecule has 4 amide bonds. The van der Waals surface area contributed by atoms with Gasteiger partial charge in [-0.1, -0.05) is 56.5 Å². The minimum atomic E-state index is -0.729. The minimum absolute atomic E-state index is 0.0883. The van der Waals surface area contributed by atoms with E-state index in [0.29, 0.717) is 12.8 Å². The molecular weight excluding hydrogens is 410 g/mol. The van der Waals surface area contributed by atoms with Crippen LogP contribution in [-0.2, 0) is 16.0 Å². The molecule has 4 rings (SSSR count). The van der Waals surface area contributed by atoms with Gasteiger partial charge in [0.25, 0.3) is 5.91 Å². The summed E-state index contributed by atoms with van der Waals surface area (Å²) in [5, 5.41) is 7.96. The lowest BCUT2D eigenvalue weighted by molar-refractivity contribution is -0.131. The second-order valence-corrected chi connectivity index (χ2v) is 9.41. The van der Waals surface area contributed by atoms with Gasteiger partial charge in [0.05, 0.1) is 6.04 Å². The average Bonchev–Trinajstić information content (AvgIpc) is 3.50. The molecule has 6 nitrogen and oxygen atoms in total. The fourth-order valence-corrected chi connectivity index (χ4v) is 5.39. The Hall–Kier alpha value is -2.67. The van der Waals surface area contributed by atoms with Gasteiger partial charge in [-0.15, -0.1) is 11.3 Å². The zero-order chi connectivity index (χ0) is 21.8. The largest absolute Gasteiger partial charge is 0.344 e. The highest BCUT2D eigenvalue weighted by atomic mass is 32.1. The third-order valence-electron chi connectivity index (χ3n) is 6.25. The Balaban J connectivity index is 1.41. The first-order chi connectivity index (χ1) is 15.0. The van der Waals surface area contributed by atoms with E-state index in [1.54, 1.807) is 11.3 Å². The van der Waals surface area contributed by atoms with Crippen LogP contribution in [0.4, 0.5) is 4.79 Å². The van der Waals surface area contributed by atoms with E-state index < -0.39 is 5.54 Å². The van der Waals surface area contributed by atoms with Crippen molar-refractivity contribution in [2.75, 3.05) is 6.54 Å². The molecule has 2 aromatic rings. The molecule has 1 aromatic carbocycles. The quantitative estimate of drug-likeness (QED) is 0.606. The van der Waals surface area contributed by atoms with E-state index in [-0.39, 0.29) is 36.9 Å². The Morgan fingerprint density at radius 2 is 1.94 bits per heavy atom. The Morgan fingerprint density at radius 3 is 2.58 bits per heavy atom. The van der Waals surface area contributed by atoms with Gasteiger partial charge in [-0.05, 0) is 41.8 Å². The zero-order valence-corrected chi connectivity index (χ0v) is 18.7. The van der Waals surface area contributed by atoms with E-state index in [1.165, 1.54) is 10.5 Å². The summed E-state index contributed by atoms with van der Waals surface area (Å²) in [5.74, 6) is -0.354. The standard InChI is InChI=1S/C24H29N3O3S/c1-2-6-17-8-10-18(11-9-17)21(19-7-5-16-31-19)25-20(28)12-15-27-22(29)24(26-23(27)30)13-3-4-14-24/h5,7-11,16,21H,2-4,6,12-15H2,1H3,(H,25,28)(H,26,30). The summed E-state index contributed by atoms with van der Waals surface area (Å²) in [5.41, 5.74) is 1.57. The van der Waals surface area contributed by atoms with Gasteiger partial charge < -0.3 is 10.6 Å². The van der Waals surface area contributed by atoms with Crippen LogP contribution in [0.15, 0.2) is 41.8 Å². The summed E-state index contributed by atoms with van der Waals surface area (Å²) < 4.78 is 0. The molecule has 2 aliphatic rings. The van der Waals surface area contributed by atoms with Crippen molar-refractivity contribution in [3.8, 4) is 0 Å². The van der Waals surface area contributed by atoms with E-state index in [1.807, 2.05) is 17.5 Å². The van der Waals surface area contributed by atoms with Crippen molar-refractivity contribution in [1.82, 2.24) is 15.5 Å². The predicted octanol–water partition coefficient (Wildman–Crippen LogP) is 4.16. The molecule has 1 aliphatic heterocycles. The summed E-state index contributed by atoms with van der Waals surface area (Å²) in [6.07, 6.45) is 5.48. The summed E-state index contributed by atoms with van der Waals surface area (Å²) in [4.78, 5) is 40.2. The van der Waals surface area contributed by atoms with E-state index in [4.69, 9.17) is 0 Å². The fraction of sp³-hybridized carbons (Fsp3) is 0.458. The number of hydrogen-bond donors (Lipinski definition) is 2. The number of thiophene rings is 1. The van der Waals surface area contributed by atoms with E-state index >= 15 is 0 Å². The topological polar surface area (TPSA) is 78.5 Å². The number of amides is 4. The molecule has 1 atom stereocenters. The van der Waals surface area contributed by atoms with Gasteiger partial charge in [-0.25, -0.2) is 4.79 Å². The average molecular weight is 440 g/mol. The zero-order valence-electron chi connectivity index (χ0n) is 17.9. The summed E-state index contributed by atoms with van der Waals surface area (Å²) in [7, 11) is 0. The number of rotatable bonds is 8. The van der Waals surface area contributed by atoms with E-state index in [9.17, 15) is 14.4 Å². The van der Waals surface area contributed by atoms with Crippen molar-refractivity contribution in [2.24, 2.45) is 0 Å². The van der Waals surface area contributed by atoms with Crippen LogP contribution in [0.5, 0.6) is 0 Å². The molecule has 1 aromatic heterocycles. The van der Waals surface area contributed by atoms with Crippen LogP contribution in [0.1, 0.15) is 67.5 Å². The van der Waals surface area contributed by atoms with Crippen molar-refractivity contribution in [2.45, 2.75) is 63.5 Å². The molecular formula is C24H29N3O3S. The highest BCUT2D eigenvalue weighted by Crippen LogP contribution is 2.35. The second-order valence-electron chi connectivity index (χ2n) is 8.43. The third-order valence-corrected chi connectivity index (χ3v) is 7.19. The van der Waals surface area contributed by atoms with Crippen LogP contribution in [0.25, 0.3) is 0 Å². The Bertz CT molecular complexity index is 933. The maximum Gasteiger partial charge on any atom is 0.325 e.